The Hall–Kier alpha value is -0.930. The molecule has 1 aromatic rings. The van der Waals surface area contributed by atoms with Crippen LogP contribution in [0, 0.1) is 17.2 Å². The first kappa shape index (κ1) is 14.0. The van der Waals surface area contributed by atoms with Crippen molar-refractivity contribution in [2.75, 3.05) is 6.61 Å². The molecule has 3 unspecified atom stereocenters. The van der Waals surface area contributed by atoms with Crippen molar-refractivity contribution in [1.82, 2.24) is 5.32 Å². The Labute approximate surface area is 120 Å². The molecule has 1 aliphatic carbocycles. The summed E-state index contributed by atoms with van der Waals surface area (Å²) in [7, 11) is 0. The van der Waals surface area contributed by atoms with Crippen LogP contribution in [0.1, 0.15) is 45.2 Å². The van der Waals surface area contributed by atoms with E-state index < -0.39 is 0 Å². The summed E-state index contributed by atoms with van der Waals surface area (Å²) in [6, 6.07) is 7.50. The van der Waals surface area contributed by atoms with E-state index in [0.717, 1.165) is 18.6 Å². The molecule has 0 radical (unpaired) electrons. The molecule has 4 atom stereocenters. The van der Waals surface area contributed by atoms with Gasteiger partial charge in [-0.25, -0.2) is 4.39 Å². The molecule has 2 nitrogen and oxygen atoms in total. The third-order valence-corrected chi connectivity index (χ3v) is 5.11. The Balaban J connectivity index is 1.71. The van der Waals surface area contributed by atoms with E-state index in [4.69, 9.17) is 4.74 Å². The summed E-state index contributed by atoms with van der Waals surface area (Å²) in [5.41, 5.74) is 1.17. The van der Waals surface area contributed by atoms with E-state index in [1.54, 1.807) is 12.1 Å². The van der Waals surface area contributed by atoms with Crippen LogP contribution in [-0.4, -0.2) is 18.8 Å². The molecule has 0 aromatic heterocycles. The molecule has 0 bridgehead atoms. The first-order chi connectivity index (χ1) is 9.50. The number of halogens is 1. The van der Waals surface area contributed by atoms with Crippen LogP contribution in [0.4, 0.5) is 4.39 Å². The molecule has 3 rings (SSSR count). The fourth-order valence-electron chi connectivity index (χ4n) is 4.00. The third kappa shape index (κ3) is 2.27. The lowest BCUT2D eigenvalue weighted by Crippen LogP contribution is -2.69. The van der Waals surface area contributed by atoms with Gasteiger partial charge >= 0.3 is 0 Å². The molecule has 1 aromatic carbocycles. The summed E-state index contributed by atoms with van der Waals surface area (Å²) >= 11 is 0. The predicted molar refractivity (Wildman–Crippen MR) is 78.0 cm³/mol. The number of ether oxygens (including phenoxy) is 1. The minimum atomic E-state index is -0.164. The van der Waals surface area contributed by atoms with E-state index >= 15 is 0 Å². The van der Waals surface area contributed by atoms with Crippen molar-refractivity contribution < 1.29 is 9.13 Å². The molecular formula is C17H24FNO. The number of benzene rings is 1. The summed E-state index contributed by atoms with van der Waals surface area (Å²) in [6.45, 7) is 7.56. The predicted octanol–water partition coefficient (Wildman–Crippen LogP) is 3.68. The quantitative estimate of drug-likeness (QED) is 0.910. The third-order valence-electron chi connectivity index (χ3n) is 5.11. The van der Waals surface area contributed by atoms with Gasteiger partial charge in [0.05, 0.1) is 6.10 Å². The molecule has 1 heterocycles. The first-order valence-electron chi connectivity index (χ1n) is 7.63. The van der Waals surface area contributed by atoms with Gasteiger partial charge in [0.25, 0.3) is 0 Å². The van der Waals surface area contributed by atoms with Crippen LogP contribution in [0.25, 0.3) is 0 Å². The highest BCUT2D eigenvalue weighted by Gasteiger charge is 2.57. The smallest absolute Gasteiger partial charge is 0.123 e. The van der Waals surface area contributed by atoms with Crippen molar-refractivity contribution >= 4 is 0 Å². The summed E-state index contributed by atoms with van der Waals surface area (Å²) < 4.78 is 19.3. The Morgan fingerprint density at radius 2 is 2.20 bits per heavy atom. The summed E-state index contributed by atoms with van der Waals surface area (Å²) in [5, 5.41) is 3.70. The minimum absolute atomic E-state index is 0.159. The van der Waals surface area contributed by atoms with Crippen molar-refractivity contribution in [1.29, 1.82) is 0 Å². The van der Waals surface area contributed by atoms with Crippen molar-refractivity contribution in [3.05, 3.63) is 35.6 Å². The standard InChI is InChI=1S/C17H24FNO/c1-11(12-6-4-7-13(18)10-12)19-15-14-8-5-9-20-16(14)17(15,2)3/h4,6-7,10-11,14-16,19H,5,8-9H2,1-3H3/t11-,14?,15?,16?/m0/s1. The lowest BCUT2D eigenvalue weighted by atomic mass is 9.55. The molecule has 1 N–H and O–H groups in total. The van der Waals surface area contributed by atoms with Gasteiger partial charge in [-0.2, -0.15) is 0 Å². The van der Waals surface area contributed by atoms with Gasteiger partial charge in [-0.15, -0.1) is 0 Å². The molecule has 1 saturated heterocycles. The maximum atomic E-state index is 13.3. The number of rotatable bonds is 3. The maximum Gasteiger partial charge on any atom is 0.123 e. The highest BCUT2D eigenvalue weighted by molar-refractivity contribution is 5.21. The van der Waals surface area contributed by atoms with Gasteiger partial charge in [0, 0.05) is 30.0 Å². The van der Waals surface area contributed by atoms with Gasteiger partial charge in [-0.1, -0.05) is 26.0 Å². The SMILES string of the molecule is C[C@H](NC1C2CCCOC2C1(C)C)c1cccc(F)c1. The van der Waals surface area contributed by atoms with Gasteiger partial charge in [-0.05, 0) is 37.5 Å². The van der Waals surface area contributed by atoms with Crippen LogP contribution in [0.3, 0.4) is 0 Å². The van der Waals surface area contributed by atoms with Crippen LogP contribution >= 0.6 is 0 Å². The zero-order valence-corrected chi connectivity index (χ0v) is 12.5. The molecule has 1 saturated carbocycles. The molecule has 3 heteroatoms. The normalized spacial score (nSPS) is 33.1. The Bertz CT molecular complexity index is 488. The minimum Gasteiger partial charge on any atom is -0.377 e. The van der Waals surface area contributed by atoms with Crippen molar-refractivity contribution in [2.45, 2.75) is 51.8 Å². The largest absolute Gasteiger partial charge is 0.377 e. The lowest BCUT2D eigenvalue weighted by Gasteiger charge is -2.60. The molecule has 110 valence electrons. The monoisotopic (exact) mass is 277 g/mol. The summed E-state index contributed by atoms with van der Waals surface area (Å²) in [5.74, 6) is 0.442. The number of fused-ring (bicyclic) bond motifs is 1. The van der Waals surface area contributed by atoms with Gasteiger partial charge in [0.2, 0.25) is 0 Å². The number of hydrogen-bond donors (Lipinski definition) is 1. The fraction of sp³-hybridized carbons (Fsp3) is 0.647. The van der Waals surface area contributed by atoms with Gasteiger partial charge in [0.1, 0.15) is 5.82 Å². The van der Waals surface area contributed by atoms with Crippen LogP contribution < -0.4 is 5.32 Å². The number of nitrogens with one attached hydrogen (secondary N) is 1. The number of hydrogen-bond acceptors (Lipinski definition) is 2. The molecule has 20 heavy (non-hydrogen) atoms. The van der Waals surface area contributed by atoms with E-state index in [2.05, 4.69) is 26.1 Å². The Kier molecular flexibility index (Phi) is 3.59. The molecule has 0 spiro atoms. The first-order valence-corrected chi connectivity index (χ1v) is 7.63. The van der Waals surface area contributed by atoms with E-state index in [-0.39, 0.29) is 17.3 Å². The zero-order chi connectivity index (χ0) is 14.3. The lowest BCUT2D eigenvalue weighted by molar-refractivity contribution is -0.194. The van der Waals surface area contributed by atoms with Crippen LogP contribution in [-0.2, 0) is 4.74 Å². The van der Waals surface area contributed by atoms with E-state index in [9.17, 15) is 4.39 Å². The average Bonchev–Trinajstić information content (AvgIpc) is 2.44. The average molecular weight is 277 g/mol. The fourth-order valence-corrected chi connectivity index (χ4v) is 4.00. The molecular weight excluding hydrogens is 253 g/mol. The zero-order valence-electron chi connectivity index (χ0n) is 12.5. The second-order valence-electron chi connectivity index (χ2n) is 6.84. The van der Waals surface area contributed by atoms with Crippen LogP contribution in [0.2, 0.25) is 0 Å². The van der Waals surface area contributed by atoms with E-state index in [0.29, 0.717) is 18.1 Å². The van der Waals surface area contributed by atoms with E-state index in [1.165, 1.54) is 12.5 Å². The second kappa shape index (κ2) is 5.12. The van der Waals surface area contributed by atoms with Crippen molar-refractivity contribution in [3.8, 4) is 0 Å². The molecule has 0 amide bonds. The van der Waals surface area contributed by atoms with Gasteiger partial charge in [-0.3, -0.25) is 0 Å². The van der Waals surface area contributed by atoms with Crippen LogP contribution in [0.15, 0.2) is 24.3 Å². The molecule has 2 aliphatic rings. The van der Waals surface area contributed by atoms with E-state index in [1.807, 2.05) is 6.07 Å². The highest BCUT2D eigenvalue weighted by atomic mass is 19.1. The highest BCUT2D eigenvalue weighted by Crippen LogP contribution is 2.51. The second-order valence-corrected chi connectivity index (χ2v) is 6.84. The van der Waals surface area contributed by atoms with Gasteiger partial charge < -0.3 is 10.1 Å². The summed E-state index contributed by atoms with van der Waals surface area (Å²) in [6.07, 6.45) is 2.78. The van der Waals surface area contributed by atoms with Crippen LogP contribution in [0.5, 0.6) is 0 Å². The summed E-state index contributed by atoms with van der Waals surface area (Å²) in [4.78, 5) is 0. The van der Waals surface area contributed by atoms with Crippen molar-refractivity contribution in [3.63, 3.8) is 0 Å². The molecule has 1 aliphatic heterocycles. The topological polar surface area (TPSA) is 21.3 Å². The molecule has 2 fully saturated rings. The van der Waals surface area contributed by atoms with Gasteiger partial charge in [0.15, 0.2) is 0 Å². The Morgan fingerprint density at radius 3 is 2.95 bits per heavy atom. The Morgan fingerprint density at radius 1 is 1.40 bits per heavy atom. The van der Waals surface area contributed by atoms with Crippen molar-refractivity contribution in [2.24, 2.45) is 11.3 Å². The maximum absolute atomic E-state index is 13.3.